The molecule has 6 heteroatoms. The van der Waals surface area contributed by atoms with E-state index in [2.05, 4.69) is 15.7 Å². The number of nitrogen functional groups attached to an aromatic ring is 1. The summed E-state index contributed by atoms with van der Waals surface area (Å²) in [4.78, 5) is 18.0. The first-order valence-electron chi connectivity index (χ1n) is 6.54. The highest BCUT2D eigenvalue weighted by Gasteiger charge is 2.18. The zero-order chi connectivity index (χ0) is 14.1. The summed E-state index contributed by atoms with van der Waals surface area (Å²) in [5, 5.41) is 3.58. The van der Waals surface area contributed by atoms with Gasteiger partial charge < -0.3 is 5.43 Å². The molecule has 1 heterocycles. The second-order valence-electron chi connectivity index (χ2n) is 4.87. The van der Waals surface area contributed by atoms with E-state index < -0.39 is 0 Å². The molecule has 0 spiro atoms. The first kappa shape index (κ1) is 13.1. The quantitative estimate of drug-likeness (QED) is 0.599. The Morgan fingerprint density at radius 2 is 2.25 bits per heavy atom. The van der Waals surface area contributed by atoms with E-state index in [1.807, 2.05) is 13.0 Å². The van der Waals surface area contributed by atoms with Gasteiger partial charge in [0.25, 0.3) is 5.91 Å². The lowest BCUT2D eigenvalue weighted by Gasteiger charge is -2.07. The molecule has 0 radical (unpaired) electrons. The monoisotopic (exact) mass is 288 g/mol. The van der Waals surface area contributed by atoms with E-state index in [4.69, 9.17) is 5.84 Å². The number of nitrogens with zero attached hydrogens (tertiary/aromatic N) is 1. The van der Waals surface area contributed by atoms with E-state index >= 15 is 0 Å². The molecule has 104 valence electrons. The summed E-state index contributed by atoms with van der Waals surface area (Å²) in [6.45, 7) is 1.89. The number of anilines is 2. The van der Waals surface area contributed by atoms with Crippen molar-refractivity contribution >= 4 is 28.1 Å². The predicted molar refractivity (Wildman–Crippen MR) is 81.1 cm³/mol. The smallest absolute Gasteiger partial charge is 0.257 e. The number of hydrogen-bond donors (Lipinski definition) is 3. The fourth-order valence-electron chi connectivity index (χ4n) is 2.42. The van der Waals surface area contributed by atoms with Gasteiger partial charge in [-0.2, -0.15) is 0 Å². The molecule has 0 saturated carbocycles. The lowest BCUT2D eigenvalue weighted by molar-refractivity contribution is 0.102. The van der Waals surface area contributed by atoms with Crippen LogP contribution in [-0.4, -0.2) is 10.9 Å². The van der Waals surface area contributed by atoms with Gasteiger partial charge >= 0.3 is 0 Å². The van der Waals surface area contributed by atoms with E-state index in [-0.39, 0.29) is 5.91 Å². The van der Waals surface area contributed by atoms with Gasteiger partial charge in [0.1, 0.15) is 0 Å². The Morgan fingerprint density at radius 1 is 1.40 bits per heavy atom. The Labute approximate surface area is 121 Å². The topological polar surface area (TPSA) is 80.0 Å². The van der Waals surface area contributed by atoms with E-state index in [1.54, 1.807) is 23.5 Å². The Kier molecular flexibility index (Phi) is 3.42. The van der Waals surface area contributed by atoms with Crippen LogP contribution < -0.4 is 16.6 Å². The number of fused-ring (bicyclic) bond motifs is 1. The van der Waals surface area contributed by atoms with Gasteiger partial charge in [0, 0.05) is 16.1 Å². The minimum Gasteiger partial charge on any atom is -0.324 e. The van der Waals surface area contributed by atoms with Gasteiger partial charge in [-0.25, -0.2) is 4.98 Å². The lowest BCUT2D eigenvalue weighted by atomic mass is 10.1. The van der Waals surface area contributed by atoms with Crippen molar-refractivity contribution in [2.75, 3.05) is 10.7 Å². The normalized spacial score (nSPS) is 13.1. The van der Waals surface area contributed by atoms with Crippen LogP contribution in [0.5, 0.6) is 0 Å². The van der Waals surface area contributed by atoms with Crippen molar-refractivity contribution < 1.29 is 4.79 Å². The van der Waals surface area contributed by atoms with Crippen LogP contribution in [0, 0.1) is 6.92 Å². The average molecular weight is 288 g/mol. The van der Waals surface area contributed by atoms with E-state index in [0.29, 0.717) is 10.7 Å². The minimum absolute atomic E-state index is 0.126. The van der Waals surface area contributed by atoms with Gasteiger partial charge in [0.05, 0.1) is 5.69 Å². The molecule has 0 aliphatic heterocycles. The van der Waals surface area contributed by atoms with Crippen molar-refractivity contribution in [3.05, 3.63) is 39.9 Å². The highest BCUT2D eigenvalue weighted by atomic mass is 32.1. The van der Waals surface area contributed by atoms with Gasteiger partial charge in [0.2, 0.25) is 0 Å². The summed E-state index contributed by atoms with van der Waals surface area (Å²) in [6, 6.07) is 5.39. The van der Waals surface area contributed by atoms with Gasteiger partial charge in [-0.1, -0.05) is 0 Å². The van der Waals surface area contributed by atoms with Crippen LogP contribution in [0.25, 0.3) is 0 Å². The van der Waals surface area contributed by atoms with Gasteiger partial charge in [-0.3, -0.25) is 16.0 Å². The standard InChI is InChI=1S/C14H16N4OS/c1-8-7-9(18-15)5-6-10(8)13(19)17-14-16-11-3-2-4-12(11)20-14/h5-7,18H,2-4,15H2,1H3,(H,16,17,19). The molecule has 1 aromatic carbocycles. The van der Waals surface area contributed by atoms with Crippen LogP contribution in [0.2, 0.25) is 0 Å². The number of thiazole rings is 1. The number of amides is 1. The molecule has 0 saturated heterocycles. The second-order valence-corrected chi connectivity index (χ2v) is 5.95. The number of hydrogen-bond acceptors (Lipinski definition) is 5. The summed E-state index contributed by atoms with van der Waals surface area (Å²) >= 11 is 1.58. The summed E-state index contributed by atoms with van der Waals surface area (Å²) in [6.07, 6.45) is 3.28. The summed E-state index contributed by atoms with van der Waals surface area (Å²) in [5.41, 5.74) is 6.01. The number of carbonyl (C=O) groups excluding carboxylic acids is 1. The van der Waals surface area contributed by atoms with Crippen molar-refractivity contribution in [2.24, 2.45) is 5.84 Å². The molecule has 20 heavy (non-hydrogen) atoms. The van der Waals surface area contributed by atoms with Gasteiger partial charge in [-0.05, 0) is 49.9 Å². The van der Waals surface area contributed by atoms with Crippen LogP contribution in [0.15, 0.2) is 18.2 Å². The van der Waals surface area contributed by atoms with Crippen LogP contribution in [0.3, 0.4) is 0 Å². The van der Waals surface area contributed by atoms with Gasteiger partial charge in [0.15, 0.2) is 5.13 Å². The van der Waals surface area contributed by atoms with E-state index in [1.165, 1.54) is 11.3 Å². The molecule has 0 unspecified atom stereocenters. The summed E-state index contributed by atoms with van der Waals surface area (Å²) in [7, 11) is 0. The molecule has 0 fully saturated rings. The average Bonchev–Trinajstić information content (AvgIpc) is 2.99. The maximum Gasteiger partial charge on any atom is 0.257 e. The van der Waals surface area contributed by atoms with Crippen LogP contribution >= 0.6 is 11.3 Å². The molecule has 0 bridgehead atoms. The summed E-state index contributed by atoms with van der Waals surface area (Å²) in [5.74, 6) is 5.22. The first-order valence-corrected chi connectivity index (χ1v) is 7.36. The molecule has 2 aromatic rings. The molecule has 1 aliphatic rings. The number of nitrogens with one attached hydrogen (secondary N) is 2. The van der Waals surface area contributed by atoms with Crippen LogP contribution in [0.4, 0.5) is 10.8 Å². The third-order valence-corrected chi connectivity index (χ3v) is 4.53. The zero-order valence-electron chi connectivity index (χ0n) is 11.2. The van der Waals surface area contributed by atoms with Crippen molar-refractivity contribution in [1.82, 2.24) is 4.98 Å². The number of hydrazine groups is 1. The number of benzene rings is 1. The Balaban J connectivity index is 1.78. The summed E-state index contributed by atoms with van der Waals surface area (Å²) < 4.78 is 0. The predicted octanol–water partition coefficient (Wildman–Crippen LogP) is 2.48. The minimum atomic E-state index is -0.126. The highest BCUT2D eigenvalue weighted by molar-refractivity contribution is 7.16. The molecule has 3 rings (SSSR count). The van der Waals surface area contributed by atoms with Crippen molar-refractivity contribution in [2.45, 2.75) is 26.2 Å². The molecule has 5 nitrogen and oxygen atoms in total. The van der Waals surface area contributed by atoms with Crippen molar-refractivity contribution in [3.8, 4) is 0 Å². The first-order chi connectivity index (χ1) is 9.67. The number of aromatic nitrogens is 1. The Morgan fingerprint density at radius 3 is 2.95 bits per heavy atom. The van der Waals surface area contributed by atoms with E-state index in [0.717, 1.165) is 29.8 Å². The van der Waals surface area contributed by atoms with Crippen molar-refractivity contribution in [1.29, 1.82) is 0 Å². The number of aryl methyl sites for hydroxylation is 3. The lowest BCUT2D eigenvalue weighted by Crippen LogP contribution is -2.14. The fourth-order valence-corrected chi connectivity index (χ4v) is 3.46. The van der Waals surface area contributed by atoms with E-state index in [9.17, 15) is 4.79 Å². The van der Waals surface area contributed by atoms with Crippen LogP contribution in [0.1, 0.15) is 32.9 Å². The molecule has 0 atom stereocenters. The fraction of sp³-hybridized carbons (Fsp3) is 0.286. The molecule has 1 aliphatic carbocycles. The Bertz CT molecular complexity index is 644. The Hall–Kier alpha value is -1.92. The number of rotatable bonds is 3. The third kappa shape index (κ3) is 2.39. The van der Waals surface area contributed by atoms with Crippen LogP contribution in [-0.2, 0) is 12.8 Å². The van der Waals surface area contributed by atoms with Gasteiger partial charge in [-0.15, -0.1) is 11.3 Å². The number of nitrogens with two attached hydrogens (primary N) is 1. The number of carbonyl (C=O) groups is 1. The second kappa shape index (κ2) is 5.22. The maximum absolute atomic E-state index is 12.3. The molecule has 1 amide bonds. The highest BCUT2D eigenvalue weighted by Crippen LogP contribution is 2.30. The third-order valence-electron chi connectivity index (χ3n) is 3.45. The SMILES string of the molecule is Cc1cc(NN)ccc1C(=O)Nc1nc2c(s1)CCC2. The van der Waals surface area contributed by atoms with Crippen molar-refractivity contribution in [3.63, 3.8) is 0 Å². The molecular formula is C14H16N4OS. The zero-order valence-corrected chi connectivity index (χ0v) is 12.0. The largest absolute Gasteiger partial charge is 0.324 e. The molecule has 4 N–H and O–H groups in total. The molecular weight excluding hydrogens is 272 g/mol. The molecule has 1 aromatic heterocycles. The maximum atomic E-state index is 12.3.